The monoisotopic (exact) mass is 969 g/mol. The fourth-order valence-electron chi connectivity index (χ4n) is 8.78. The number of hydrogen-bond acceptors (Lipinski definition) is 29. The molecule has 5 aliphatic heterocycles. The summed E-state index contributed by atoms with van der Waals surface area (Å²) in [6.07, 6.45) is -46.7. The minimum Gasteiger partial charge on any atom is -0.394 e. The molecule has 5 fully saturated rings. The maximum Gasteiger partial charge on any atom is 0.187 e. The standard InChI is InChI=1S/C37H63NO28/c1-8-15(18(46)25(53)34(58-8)64-31-13(6-42)62-37(28(56)23(31)51)65-30-12(5-41)59-33(57)24(52)21(30)49)38-10-2-9(3-39)29(20(48)16(10)44)63-36-27(55)22(50)32(14(7-43)61-36)66-35-26(54)19(47)17(45)11(4-40)60-35/h2,8,10-57H,3-7H2,1H3/t8-,10?,11-,12-,13-,14-,15-,16+,17-,18+,19+,20-,21-,22-,23-,24-,25-,26-,27-,28-,29-,30-,31-,32-,33+,34-,35-,36-,37-/m1/s1. The van der Waals surface area contributed by atoms with Crippen LogP contribution in [0.3, 0.4) is 0 Å². The Labute approximate surface area is 374 Å². The second kappa shape index (κ2) is 22.8. The van der Waals surface area contributed by atoms with Crippen molar-refractivity contribution in [2.45, 2.75) is 185 Å². The zero-order valence-corrected chi connectivity index (χ0v) is 35.0. The van der Waals surface area contributed by atoms with E-state index in [1.807, 2.05) is 0 Å². The van der Waals surface area contributed by atoms with E-state index in [0.717, 1.165) is 0 Å². The van der Waals surface area contributed by atoms with Crippen LogP contribution in [0.5, 0.6) is 0 Å². The molecule has 0 spiro atoms. The van der Waals surface area contributed by atoms with Gasteiger partial charge in [-0.15, -0.1) is 0 Å². The second-order valence-electron chi connectivity index (χ2n) is 17.0. The maximum atomic E-state index is 11.3. The second-order valence-corrected chi connectivity index (χ2v) is 17.0. The van der Waals surface area contributed by atoms with Crippen LogP contribution >= 0.6 is 0 Å². The lowest BCUT2D eigenvalue weighted by Crippen LogP contribution is -2.68. The van der Waals surface area contributed by atoms with Crippen LogP contribution in [0.4, 0.5) is 0 Å². The van der Waals surface area contributed by atoms with E-state index in [0.29, 0.717) is 0 Å². The topological polar surface area (TPSA) is 479 Å². The van der Waals surface area contributed by atoms with Crippen LogP contribution < -0.4 is 5.32 Å². The van der Waals surface area contributed by atoms with E-state index in [1.165, 1.54) is 13.0 Å². The molecule has 5 heterocycles. The molecule has 6 rings (SSSR count). The maximum absolute atomic E-state index is 11.3. The van der Waals surface area contributed by atoms with Crippen molar-refractivity contribution in [1.29, 1.82) is 0 Å². The molecule has 6 aliphatic rings. The summed E-state index contributed by atoms with van der Waals surface area (Å²) >= 11 is 0. The fourth-order valence-corrected chi connectivity index (χ4v) is 8.78. The van der Waals surface area contributed by atoms with Gasteiger partial charge in [0.2, 0.25) is 0 Å². The molecule has 0 bridgehead atoms. The summed E-state index contributed by atoms with van der Waals surface area (Å²) < 4.78 is 49.8. The third kappa shape index (κ3) is 10.7. The number of hydrogen-bond donors (Lipinski definition) is 20. The van der Waals surface area contributed by atoms with Gasteiger partial charge in [0, 0.05) is 0 Å². The molecule has 0 radical (unpaired) electrons. The first-order valence-electron chi connectivity index (χ1n) is 21.2. The number of aliphatic hydroxyl groups is 19. The Kier molecular flexibility index (Phi) is 18.6. The predicted molar refractivity (Wildman–Crippen MR) is 203 cm³/mol. The van der Waals surface area contributed by atoms with Gasteiger partial charge in [-0.2, -0.15) is 0 Å². The van der Waals surface area contributed by atoms with Crippen molar-refractivity contribution in [3.8, 4) is 0 Å². The minimum absolute atomic E-state index is 0.134. The average molecular weight is 970 g/mol. The van der Waals surface area contributed by atoms with Gasteiger partial charge < -0.3 is 145 Å². The first-order valence-corrected chi connectivity index (χ1v) is 21.2. The van der Waals surface area contributed by atoms with Crippen molar-refractivity contribution in [2.24, 2.45) is 0 Å². The summed E-state index contributed by atoms with van der Waals surface area (Å²) in [5.41, 5.74) is -0.134. The molecule has 0 saturated carbocycles. The molecule has 29 nitrogen and oxygen atoms in total. The van der Waals surface area contributed by atoms with Crippen molar-refractivity contribution in [1.82, 2.24) is 5.32 Å². The first kappa shape index (κ1) is 53.9. The Morgan fingerprint density at radius 1 is 0.424 bits per heavy atom. The number of rotatable bonds is 15. The van der Waals surface area contributed by atoms with Gasteiger partial charge in [-0.25, -0.2) is 0 Å². The zero-order valence-electron chi connectivity index (χ0n) is 35.0. The molecule has 20 N–H and O–H groups in total. The summed E-state index contributed by atoms with van der Waals surface area (Å²) in [7, 11) is 0. The summed E-state index contributed by atoms with van der Waals surface area (Å²) in [5.74, 6) is 0. The highest BCUT2D eigenvalue weighted by Gasteiger charge is 2.55. The van der Waals surface area contributed by atoms with Crippen LogP contribution in [-0.4, -0.2) is 308 Å². The Balaban J connectivity index is 1.07. The van der Waals surface area contributed by atoms with Crippen LogP contribution in [0.2, 0.25) is 0 Å². The smallest absolute Gasteiger partial charge is 0.187 e. The lowest BCUT2D eigenvalue weighted by Gasteiger charge is -2.49. The highest BCUT2D eigenvalue weighted by Crippen LogP contribution is 2.35. The molecule has 29 atom stereocenters. The van der Waals surface area contributed by atoms with Crippen molar-refractivity contribution < 1.29 is 140 Å². The first-order chi connectivity index (χ1) is 31.2. The molecule has 5 saturated heterocycles. The van der Waals surface area contributed by atoms with Gasteiger partial charge in [-0.05, 0) is 12.5 Å². The Morgan fingerprint density at radius 2 is 0.833 bits per heavy atom. The normalized spacial score (nSPS) is 52.8. The molecule has 0 aromatic rings. The molecular formula is C37H63NO28. The molecular weight excluding hydrogens is 906 g/mol. The number of aliphatic hydroxyl groups excluding tert-OH is 19. The van der Waals surface area contributed by atoms with Gasteiger partial charge in [0.25, 0.3) is 0 Å². The van der Waals surface area contributed by atoms with E-state index in [1.54, 1.807) is 0 Å². The summed E-state index contributed by atoms with van der Waals surface area (Å²) in [5, 5.41) is 202. The molecule has 1 aliphatic carbocycles. The van der Waals surface area contributed by atoms with Crippen LogP contribution in [0.1, 0.15) is 6.92 Å². The number of nitrogens with one attached hydrogen (secondary N) is 1. The average Bonchev–Trinajstić information content (AvgIpc) is 3.30. The van der Waals surface area contributed by atoms with Gasteiger partial charge in [-0.1, -0.05) is 6.08 Å². The van der Waals surface area contributed by atoms with Gasteiger partial charge in [0.1, 0.15) is 128 Å². The summed E-state index contributed by atoms with van der Waals surface area (Å²) in [4.78, 5) is 0. The van der Waals surface area contributed by atoms with Gasteiger partial charge in [0.05, 0.1) is 51.2 Å². The molecule has 0 aromatic heterocycles. The largest absolute Gasteiger partial charge is 0.394 e. The Morgan fingerprint density at radius 3 is 1.32 bits per heavy atom. The van der Waals surface area contributed by atoms with Crippen LogP contribution in [0, 0.1) is 0 Å². The molecule has 29 heteroatoms. The van der Waals surface area contributed by atoms with Crippen LogP contribution in [0.15, 0.2) is 11.6 Å². The van der Waals surface area contributed by atoms with E-state index < -0.39 is 211 Å². The van der Waals surface area contributed by atoms with E-state index >= 15 is 0 Å². The quantitative estimate of drug-likeness (QED) is 0.0678. The SMILES string of the molecule is C[C@H]1O[C@H](O[C@H]2[C@H](O)[C@@H](O)[C@@H](O[C@H]3[C@H](O)[C@@H](O)[C@@H](O)O[C@@H]3CO)O[C@@H]2CO)[C@H](O)[C@@H](O)[C@@H]1NC1C=C(CO)[C@@H](O[C@H]2O[C@H](CO)[C@@H](O[C@H]3O[C@H](CO)[C@@H](O)[C@H](O)[C@H]3O)[C@H](O)[C@H]2O)[C@H](O)[C@H]1O. The van der Waals surface area contributed by atoms with E-state index in [4.69, 9.17) is 42.6 Å². The number of ether oxygens (including phenoxy) is 9. The van der Waals surface area contributed by atoms with Crippen molar-refractivity contribution in [2.75, 3.05) is 33.0 Å². The molecule has 1 unspecified atom stereocenters. The highest BCUT2D eigenvalue weighted by atomic mass is 16.8. The summed E-state index contributed by atoms with van der Waals surface area (Å²) in [6.45, 7) is -2.91. The van der Waals surface area contributed by atoms with Crippen LogP contribution in [-0.2, 0) is 42.6 Å². The Bertz CT molecular complexity index is 1550. The summed E-state index contributed by atoms with van der Waals surface area (Å²) in [6, 6.07) is -2.61. The van der Waals surface area contributed by atoms with Gasteiger partial charge >= 0.3 is 0 Å². The highest BCUT2D eigenvalue weighted by molar-refractivity contribution is 5.23. The zero-order chi connectivity index (χ0) is 48.6. The Hall–Kier alpha value is -1.42. The van der Waals surface area contributed by atoms with E-state index in [-0.39, 0.29) is 5.57 Å². The van der Waals surface area contributed by atoms with Crippen molar-refractivity contribution in [3.63, 3.8) is 0 Å². The lowest BCUT2D eigenvalue weighted by molar-refractivity contribution is -0.374. The third-order valence-electron chi connectivity index (χ3n) is 12.7. The van der Waals surface area contributed by atoms with E-state index in [2.05, 4.69) is 5.32 Å². The third-order valence-corrected chi connectivity index (χ3v) is 12.7. The van der Waals surface area contributed by atoms with Crippen molar-refractivity contribution >= 4 is 0 Å². The predicted octanol–water partition coefficient (Wildman–Crippen LogP) is -12.9. The van der Waals surface area contributed by atoms with Crippen molar-refractivity contribution in [3.05, 3.63) is 11.6 Å². The van der Waals surface area contributed by atoms with Gasteiger partial charge in [-0.3, -0.25) is 0 Å². The minimum atomic E-state index is -2.04. The van der Waals surface area contributed by atoms with E-state index in [9.17, 15) is 97.0 Å². The lowest BCUT2D eigenvalue weighted by atomic mass is 9.86. The van der Waals surface area contributed by atoms with Crippen LogP contribution in [0.25, 0.3) is 0 Å². The molecule has 0 amide bonds. The molecule has 384 valence electrons. The molecule has 66 heavy (non-hydrogen) atoms. The molecule has 0 aromatic carbocycles. The fraction of sp³-hybridized carbons (Fsp3) is 0.946. The van der Waals surface area contributed by atoms with Gasteiger partial charge in [0.15, 0.2) is 31.5 Å².